The summed E-state index contributed by atoms with van der Waals surface area (Å²) < 4.78 is 204. The molecular formula is C66H88F12I9O17V. The topological polar surface area (TPSA) is 209 Å². The Kier molecular flexibility index (Phi) is 84.1. The number of carbonyl (C=O) groups excluding carboxylic acids is 1. The van der Waals surface area contributed by atoms with E-state index in [0.29, 0.717) is 25.2 Å². The normalized spacial score (nSPS) is 11.6. The van der Waals surface area contributed by atoms with Crippen LogP contribution in [0.4, 0.5) is 52.7 Å². The van der Waals surface area contributed by atoms with E-state index in [1.807, 2.05) is 9.86 Å². The molecule has 17 nitrogen and oxygen atoms in total. The summed E-state index contributed by atoms with van der Waals surface area (Å²) in [5.74, 6) is 0.789. The van der Waals surface area contributed by atoms with Gasteiger partial charge in [-0.15, -0.1) is 0 Å². The van der Waals surface area contributed by atoms with Crippen LogP contribution in [0.1, 0.15) is 42.0 Å². The minimum atomic E-state index is -4.40. The maximum absolute atomic E-state index is 12.1. The summed E-state index contributed by atoms with van der Waals surface area (Å²) in [6, 6.07) is 36.7. The van der Waals surface area contributed by atoms with Gasteiger partial charge in [0.25, 0.3) is 0 Å². The molecule has 2 saturated heterocycles. The Morgan fingerprint density at radius 2 is 0.619 bits per heavy atom. The Labute approximate surface area is 727 Å². The molecule has 0 saturated carbocycles. The number of benzene rings is 6. The van der Waals surface area contributed by atoms with Gasteiger partial charge >= 0.3 is 89.6 Å². The van der Waals surface area contributed by atoms with Gasteiger partial charge in [-0.1, -0.05) is 244 Å². The van der Waals surface area contributed by atoms with Crippen LogP contribution in [-0.2, 0) is 28.7 Å². The van der Waals surface area contributed by atoms with Gasteiger partial charge in [0, 0.05) is 0 Å². The third-order valence-electron chi connectivity index (χ3n) is 9.56. The van der Waals surface area contributed by atoms with Crippen molar-refractivity contribution < 1.29 is 140 Å². The first-order valence-corrected chi connectivity index (χ1v) is 52.7. The average molecular weight is 2570 g/mol. The molecule has 0 atom stereocenters. The molecule has 0 radical (unpaired) electrons. The molecule has 8 rings (SSSR count). The summed E-state index contributed by atoms with van der Waals surface area (Å²) in [6.45, 7) is 3.21. The van der Waals surface area contributed by atoms with E-state index >= 15 is 0 Å². The second-order valence-corrected chi connectivity index (χ2v) is 60.0. The third kappa shape index (κ3) is 75.2. The molecule has 0 amide bonds. The van der Waals surface area contributed by atoms with Crippen molar-refractivity contribution in [2.75, 3.05) is 101 Å². The molecule has 0 bridgehead atoms. The fourth-order valence-corrected chi connectivity index (χ4v) is 5.85. The summed E-state index contributed by atoms with van der Waals surface area (Å²) >= 11 is 20.8. The monoisotopic (exact) mass is 2570 g/mol. The van der Waals surface area contributed by atoms with Crippen LogP contribution in [0, 0.1) is 0 Å². The van der Waals surface area contributed by atoms with Crippen molar-refractivity contribution in [2.24, 2.45) is 0 Å². The summed E-state index contributed by atoms with van der Waals surface area (Å²) in [7, 11) is 2.89. The molecule has 2 aliphatic rings. The first kappa shape index (κ1) is 117. The zero-order valence-corrected chi connectivity index (χ0v) is 76.8. The number of aromatic hydroxyl groups is 4. The molecule has 0 spiro atoms. The second-order valence-electron chi connectivity index (χ2n) is 17.2. The van der Waals surface area contributed by atoms with Gasteiger partial charge in [0.2, 0.25) is 0 Å². The van der Waals surface area contributed by atoms with Gasteiger partial charge in [-0.05, 0) is 97.9 Å². The standard InChI is InChI=1S/C12H13F3O4.C10H9F3O3.C9H9F3O2.C8H7F3O2.C7H8O2.C6H6O2.C5H10O2.2C2H5I.CH2I2.2CH3I.2CH4.3HI.V/c13-12(14,15)8-19-10-4-2-1-3-9(10)18-7-11-16-5-6-17-11;11-10(12,13)7-16-9-4-2-1-3-8(9)15-6-5-14;1-13-7-4-2-3-5-8(7)14-6-9(10,11)12;9-8(10,11)5-13-7-4-2-1-3-6(7)12;1-9-7-5-3-2-4-6(7)8;7-5-3-1-2-4-6(5)8;1-2-5-6-3-4-7-5;2*1-2-3;2-1-3;2*1-2;;;;;;/h1-4,11H,5-8H2;1-5H,6-7H2;2-5H,6H2,1H3;1-4,12H,5H2;2-5,8H,1H3;1-4,7-8H;5H,2-4H2,1H3;2*2H2,1H3;1H2;2*1H3;2*1H4;3*1H;/q;;;;;;;;;;;;;;;;;+3/p-3. The van der Waals surface area contributed by atoms with Gasteiger partial charge < -0.3 is 77.3 Å². The zero-order valence-electron chi connectivity index (χ0n) is 56.0. The van der Waals surface area contributed by atoms with E-state index in [0.717, 1.165) is 19.6 Å². The second kappa shape index (κ2) is 75.4. The Morgan fingerprint density at radius 1 is 0.400 bits per heavy atom. The Balaban J connectivity index is -0.000000208. The Morgan fingerprint density at radius 3 is 0.857 bits per heavy atom. The number of phenolic OH excluding ortho intramolecular Hbond substituents is 4. The number of carbonyl (C=O) groups is 1. The number of hydrogen-bond donors (Lipinski definition) is 4. The van der Waals surface area contributed by atoms with Crippen molar-refractivity contribution in [1.29, 1.82) is 0 Å². The molecule has 105 heavy (non-hydrogen) atoms. The third-order valence-corrected chi connectivity index (χ3v) is 9.56. The number of halogens is 21. The number of hydrogen-bond acceptors (Lipinski definition) is 17. The Hall–Kier alpha value is -1.26. The summed E-state index contributed by atoms with van der Waals surface area (Å²) in [5.41, 5.74) is 0. The molecule has 39 heteroatoms. The van der Waals surface area contributed by atoms with Crippen LogP contribution in [0.25, 0.3) is 0 Å². The summed E-state index contributed by atoms with van der Waals surface area (Å²) in [6.07, 6.45) is -16.4. The Bertz CT molecular complexity index is 2910. The molecule has 2 aliphatic heterocycles. The summed E-state index contributed by atoms with van der Waals surface area (Å²) in [5, 5.41) is 35.3. The minimum absolute atomic E-state index is 0. The van der Waals surface area contributed by atoms with Crippen LogP contribution >= 0.6 is 195 Å². The zero-order chi connectivity index (χ0) is 79.7. The van der Waals surface area contributed by atoms with Gasteiger partial charge in [-0.3, -0.25) is 4.79 Å². The molecular weight excluding hydrogens is 2490 g/mol. The van der Waals surface area contributed by atoms with Crippen LogP contribution in [0.15, 0.2) is 146 Å². The van der Waals surface area contributed by atoms with Gasteiger partial charge in [-0.25, -0.2) is 0 Å². The van der Waals surface area contributed by atoms with E-state index in [2.05, 4.69) is 235 Å². The molecule has 606 valence electrons. The van der Waals surface area contributed by atoms with Crippen LogP contribution in [0.2, 0.25) is 0 Å². The summed E-state index contributed by atoms with van der Waals surface area (Å²) in [4.78, 5) is 13.7. The fourth-order valence-electron chi connectivity index (χ4n) is 5.85. The van der Waals surface area contributed by atoms with Crippen molar-refractivity contribution in [2.45, 2.75) is 79.3 Å². The van der Waals surface area contributed by atoms with E-state index in [4.69, 9.17) is 58.3 Å². The molecule has 6 aromatic carbocycles. The van der Waals surface area contributed by atoms with Gasteiger partial charge in [0.1, 0.15) is 13.2 Å². The molecule has 6 aromatic rings. The number of methoxy groups -OCH3 is 2. The predicted octanol–water partition coefficient (Wildman–Crippen LogP) is 23.5. The average Bonchev–Trinajstić information content (AvgIpc) is 1.80. The van der Waals surface area contributed by atoms with E-state index in [-0.39, 0.29) is 103 Å². The number of alkyl halides is 18. The molecule has 2 fully saturated rings. The maximum atomic E-state index is 12.1. The molecule has 4 N–H and O–H groups in total. The van der Waals surface area contributed by atoms with Gasteiger partial charge in [0.05, 0.1) is 43.1 Å². The van der Waals surface area contributed by atoms with Gasteiger partial charge in [-0.2, -0.15) is 52.7 Å². The molecule has 2 heterocycles. The van der Waals surface area contributed by atoms with Crippen molar-refractivity contribution in [3.63, 3.8) is 0 Å². The van der Waals surface area contributed by atoms with Crippen LogP contribution in [0.3, 0.4) is 0 Å². The number of rotatable bonds is 17. The van der Waals surface area contributed by atoms with Gasteiger partial charge in [0.15, 0.2) is 114 Å². The van der Waals surface area contributed by atoms with Crippen LogP contribution in [-0.4, -0.2) is 165 Å². The van der Waals surface area contributed by atoms with E-state index in [9.17, 15) is 57.5 Å². The predicted molar refractivity (Wildman–Crippen MR) is 461 cm³/mol. The SMILES string of the molecule is C.C.CCC1OCCO1.CCI.CCI.CI.CI.COc1ccccc1O.COc1ccccc1OCC(F)(F)F.FC(F)(F)COc1ccccc1OCC1OCCO1.ICI.O=CCOc1ccccc1OCC(F)(F)F.Oc1ccccc1O.Oc1ccccc1OCC(F)(F)F.[I][V]([I])[I]. The quantitative estimate of drug-likeness (QED) is 0.0220. The van der Waals surface area contributed by atoms with Crippen LogP contribution in [0.5, 0.6) is 69.0 Å². The first-order chi connectivity index (χ1) is 48.6. The number of ether oxygens (including phenoxy) is 12. The molecule has 0 aromatic heterocycles. The van der Waals surface area contributed by atoms with Crippen molar-refractivity contribution >= 4 is 202 Å². The number of aldehydes is 1. The number of para-hydroxylation sites is 12. The van der Waals surface area contributed by atoms with Crippen LogP contribution < -0.4 is 37.9 Å². The van der Waals surface area contributed by atoms with Crippen molar-refractivity contribution in [1.82, 2.24) is 0 Å². The van der Waals surface area contributed by atoms with Crippen molar-refractivity contribution in [3.8, 4) is 69.0 Å². The molecule has 0 unspecified atom stereocenters. The van der Waals surface area contributed by atoms with E-state index in [1.165, 1.54) is 104 Å². The van der Waals surface area contributed by atoms with Crippen molar-refractivity contribution in [3.05, 3.63) is 146 Å². The van der Waals surface area contributed by atoms with E-state index < -0.39 is 57.4 Å². The fraction of sp³-hybridized carbons (Fsp3) is 0.439. The first-order valence-electron chi connectivity index (χ1n) is 28.7. The number of phenols is 4. The molecule has 0 aliphatic carbocycles. The van der Waals surface area contributed by atoms with E-state index in [1.54, 1.807) is 66.7 Å².